The number of carbonyl (C=O) groups is 2. The number of ether oxygens (including phenoxy) is 1. The molecule has 0 saturated carbocycles. The van der Waals surface area contributed by atoms with Crippen molar-refractivity contribution in [2.75, 3.05) is 25.5 Å². The Labute approximate surface area is 148 Å². The fraction of sp³-hybridized carbons (Fsp3) is 0.400. The number of fused-ring (bicyclic) bond motifs is 1. The Balaban J connectivity index is 1.64. The van der Waals surface area contributed by atoms with Gasteiger partial charge in [0, 0.05) is 23.9 Å². The van der Waals surface area contributed by atoms with Crippen LogP contribution in [0.2, 0.25) is 0 Å². The highest BCUT2D eigenvalue weighted by Crippen LogP contribution is 2.23. The first-order chi connectivity index (χ1) is 12.1. The van der Waals surface area contributed by atoms with Crippen molar-refractivity contribution in [2.24, 2.45) is 5.92 Å². The molecule has 1 fully saturated rings. The number of esters is 1. The maximum Gasteiger partial charge on any atom is 0.309 e. The summed E-state index contributed by atoms with van der Waals surface area (Å²) in [7, 11) is 1.43. The Morgan fingerprint density at radius 1 is 1.12 bits per heavy atom. The van der Waals surface area contributed by atoms with Crippen LogP contribution in [0, 0.1) is 5.92 Å². The number of carbonyl (C=O) groups excluding carboxylic acids is 2. The standard InChI is InChI=1S/C20H24N2O3/c1-14(22-12-10-16(11-13-22)20(24)25-2)19(23)21-18-9-5-7-15-6-3-4-8-17(15)18/h3-9,14,16H,10-13H2,1-2H3,(H,21,23)/p+1/t14-/m1/s1. The Bertz CT molecular complexity index is 761. The fourth-order valence-electron chi connectivity index (χ4n) is 3.58. The predicted molar refractivity (Wildman–Crippen MR) is 97.5 cm³/mol. The van der Waals surface area contributed by atoms with E-state index in [0.29, 0.717) is 0 Å². The van der Waals surface area contributed by atoms with Crippen LogP contribution in [0.1, 0.15) is 19.8 Å². The quantitative estimate of drug-likeness (QED) is 0.831. The van der Waals surface area contributed by atoms with Gasteiger partial charge in [0.2, 0.25) is 0 Å². The van der Waals surface area contributed by atoms with Gasteiger partial charge in [-0.25, -0.2) is 0 Å². The van der Waals surface area contributed by atoms with E-state index in [1.807, 2.05) is 49.4 Å². The summed E-state index contributed by atoms with van der Waals surface area (Å²) in [5.41, 5.74) is 0.846. The van der Waals surface area contributed by atoms with Crippen molar-refractivity contribution < 1.29 is 19.2 Å². The molecule has 0 spiro atoms. The maximum atomic E-state index is 12.7. The van der Waals surface area contributed by atoms with E-state index in [0.717, 1.165) is 42.4 Å². The average molecular weight is 341 g/mol. The summed E-state index contributed by atoms with van der Waals surface area (Å²) < 4.78 is 4.83. The Hall–Kier alpha value is -2.40. The van der Waals surface area contributed by atoms with Crippen molar-refractivity contribution in [3.63, 3.8) is 0 Å². The molecule has 2 aromatic carbocycles. The monoisotopic (exact) mass is 341 g/mol. The summed E-state index contributed by atoms with van der Waals surface area (Å²) in [6.07, 6.45) is 1.54. The highest BCUT2D eigenvalue weighted by Gasteiger charge is 2.33. The predicted octanol–water partition coefficient (Wildman–Crippen LogP) is 1.63. The Morgan fingerprint density at radius 2 is 1.80 bits per heavy atom. The van der Waals surface area contributed by atoms with Crippen molar-refractivity contribution in [1.82, 2.24) is 0 Å². The third kappa shape index (κ3) is 3.82. The highest BCUT2D eigenvalue weighted by molar-refractivity contribution is 6.03. The average Bonchev–Trinajstić information content (AvgIpc) is 2.67. The largest absolute Gasteiger partial charge is 0.469 e. The van der Waals surface area contributed by atoms with Crippen LogP contribution in [-0.2, 0) is 14.3 Å². The second kappa shape index (κ2) is 7.66. The number of piperidine rings is 1. The second-order valence-corrected chi connectivity index (χ2v) is 6.69. The van der Waals surface area contributed by atoms with Gasteiger partial charge in [-0.3, -0.25) is 9.59 Å². The number of anilines is 1. The minimum Gasteiger partial charge on any atom is -0.469 e. The van der Waals surface area contributed by atoms with Gasteiger partial charge in [0.25, 0.3) is 5.91 Å². The molecule has 3 rings (SSSR count). The van der Waals surface area contributed by atoms with Crippen molar-refractivity contribution in [3.8, 4) is 0 Å². The number of amides is 1. The van der Waals surface area contributed by atoms with Gasteiger partial charge in [0.15, 0.2) is 6.04 Å². The molecule has 1 aliphatic heterocycles. The SMILES string of the molecule is COC(=O)C1CC[NH+]([C@H](C)C(=O)Nc2cccc3ccccc23)CC1. The van der Waals surface area contributed by atoms with Gasteiger partial charge in [0.1, 0.15) is 0 Å². The van der Waals surface area contributed by atoms with Crippen LogP contribution in [0.25, 0.3) is 10.8 Å². The zero-order valence-corrected chi connectivity index (χ0v) is 14.7. The molecule has 1 aliphatic rings. The minimum absolute atomic E-state index is 0.0165. The number of likely N-dealkylation sites (tertiary alicyclic amines) is 1. The second-order valence-electron chi connectivity index (χ2n) is 6.69. The number of nitrogens with one attached hydrogen (secondary N) is 2. The lowest BCUT2D eigenvalue weighted by Gasteiger charge is -2.31. The van der Waals surface area contributed by atoms with E-state index in [2.05, 4.69) is 5.32 Å². The van der Waals surface area contributed by atoms with Crippen LogP contribution in [0.15, 0.2) is 42.5 Å². The van der Waals surface area contributed by atoms with Crippen LogP contribution in [-0.4, -0.2) is 38.1 Å². The number of hydrogen-bond donors (Lipinski definition) is 2. The molecule has 5 nitrogen and oxygen atoms in total. The van der Waals surface area contributed by atoms with Crippen molar-refractivity contribution in [1.29, 1.82) is 0 Å². The van der Waals surface area contributed by atoms with Crippen LogP contribution in [0.5, 0.6) is 0 Å². The zero-order chi connectivity index (χ0) is 17.8. The summed E-state index contributed by atoms with van der Waals surface area (Å²) in [5.74, 6) is -0.142. The molecule has 1 saturated heterocycles. The van der Waals surface area contributed by atoms with E-state index in [1.165, 1.54) is 12.0 Å². The lowest BCUT2D eigenvalue weighted by Crippen LogP contribution is -3.17. The molecule has 0 bridgehead atoms. The molecule has 5 heteroatoms. The lowest BCUT2D eigenvalue weighted by atomic mass is 9.96. The number of quaternary nitrogens is 1. The first kappa shape index (κ1) is 17.4. The van der Waals surface area contributed by atoms with Crippen LogP contribution in [0.3, 0.4) is 0 Å². The van der Waals surface area contributed by atoms with Crippen LogP contribution in [0.4, 0.5) is 5.69 Å². The fourth-order valence-corrected chi connectivity index (χ4v) is 3.58. The summed E-state index contributed by atoms with van der Waals surface area (Å²) in [6.45, 7) is 3.57. The normalized spacial score (nSPS) is 21.5. The summed E-state index contributed by atoms with van der Waals surface area (Å²) in [5, 5.41) is 5.23. The zero-order valence-electron chi connectivity index (χ0n) is 14.7. The smallest absolute Gasteiger partial charge is 0.309 e. The van der Waals surface area contributed by atoms with Crippen LogP contribution >= 0.6 is 0 Å². The summed E-state index contributed by atoms with van der Waals surface area (Å²) >= 11 is 0. The topological polar surface area (TPSA) is 59.8 Å². The van der Waals surface area contributed by atoms with Gasteiger partial charge in [-0.15, -0.1) is 0 Å². The highest BCUT2D eigenvalue weighted by atomic mass is 16.5. The minimum atomic E-state index is -0.155. The van der Waals surface area contributed by atoms with Crippen LogP contribution < -0.4 is 10.2 Å². The Kier molecular flexibility index (Phi) is 5.34. The van der Waals surface area contributed by atoms with Crippen molar-refractivity contribution in [3.05, 3.63) is 42.5 Å². The van der Waals surface area contributed by atoms with Gasteiger partial charge in [-0.1, -0.05) is 36.4 Å². The first-order valence-electron chi connectivity index (χ1n) is 8.81. The molecule has 1 amide bonds. The van der Waals surface area contributed by atoms with E-state index >= 15 is 0 Å². The van der Waals surface area contributed by atoms with Gasteiger partial charge in [-0.05, 0) is 18.4 Å². The van der Waals surface area contributed by atoms with Gasteiger partial charge in [0.05, 0.1) is 26.1 Å². The molecular weight excluding hydrogens is 316 g/mol. The lowest BCUT2D eigenvalue weighted by molar-refractivity contribution is -0.919. The molecule has 0 radical (unpaired) electrons. The van der Waals surface area contributed by atoms with E-state index < -0.39 is 0 Å². The van der Waals surface area contributed by atoms with Crippen molar-refractivity contribution >= 4 is 28.3 Å². The maximum absolute atomic E-state index is 12.7. The summed E-state index contributed by atoms with van der Waals surface area (Å²) in [6, 6.07) is 13.8. The first-order valence-corrected chi connectivity index (χ1v) is 8.81. The molecule has 2 aromatic rings. The van der Waals surface area contributed by atoms with E-state index in [4.69, 9.17) is 4.74 Å². The van der Waals surface area contributed by atoms with Gasteiger partial charge < -0.3 is 15.0 Å². The van der Waals surface area contributed by atoms with E-state index in [9.17, 15) is 9.59 Å². The third-order valence-corrected chi connectivity index (χ3v) is 5.22. The van der Waals surface area contributed by atoms with Crippen molar-refractivity contribution in [2.45, 2.75) is 25.8 Å². The van der Waals surface area contributed by atoms with E-state index in [1.54, 1.807) is 0 Å². The molecular formula is C20H25N2O3+. The number of hydrogen-bond acceptors (Lipinski definition) is 3. The van der Waals surface area contributed by atoms with Gasteiger partial charge in [-0.2, -0.15) is 0 Å². The molecule has 0 aromatic heterocycles. The number of methoxy groups -OCH3 is 1. The Morgan fingerprint density at radius 3 is 2.52 bits per heavy atom. The molecule has 25 heavy (non-hydrogen) atoms. The molecule has 1 atom stereocenters. The molecule has 1 heterocycles. The number of rotatable bonds is 4. The molecule has 0 aliphatic carbocycles. The van der Waals surface area contributed by atoms with E-state index in [-0.39, 0.29) is 23.8 Å². The molecule has 2 N–H and O–H groups in total. The molecule has 0 unspecified atom stereocenters. The third-order valence-electron chi connectivity index (χ3n) is 5.22. The summed E-state index contributed by atoms with van der Waals surface area (Å²) in [4.78, 5) is 25.6. The number of benzene rings is 2. The van der Waals surface area contributed by atoms with Gasteiger partial charge >= 0.3 is 5.97 Å². The molecule has 132 valence electrons.